The Bertz CT molecular complexity index is 583. The number of hydrogen-bond donors (Lipinski definition) is 1. The largest absolute Gasteiger partial charge is 0.372 e. The number of carbonyl (C=O) groups is 1. The fourth-order valence-electron chi connectivity index (χ4n) is 2.29. The minimum absolute atomic E-state index is 0.0429. The van der Waals surface area contributed by atoms with Gasteiger partial charge in [-0.05, 0) is 12.5 Å². The fraction of sp³-hybridized carbons (Fsp3) is 0.333. The molecule has 1 atom stereocenters. The van der Waals surface area contributed by atoms with Gasteiger partial charge in [-0.25, -0.2) is 4.98 Å². The Morgan fingerprint density at radius 3 is 2.95 bits per heavy atom. The zero-order valence-electron chi connectivity index (χ0n) is 11.4. The van der Waals surface area contributed by atoms with Crippen LogP contribution in [-0.2, 0) is 17.9 Å². The van der Waals surface area contributed by atoms with Crippen molar-refractivity contribution in [3.63, 3.8) is 0 Å². The highest BCUT2D eigenvalue weighted by atomic mass is 16.5. The summed E-state index contributed by atoms with van der Waals surface area (Å²) in [5.74, 6) is 0.664. The molecule has 1 aromatic carbocycles. The molecule has 0 aliphatic carbocycles. The Balaban J connectivity index is 1.71. The lowest BCUT2D eigenvalue weighted by atomic mass is 10.1. The molecule has 2 aromatic rings. The molecular formula is C15H17N3O2. The van der Waals surface area contributed by atoms with Crippen LogP contribution >= 0.6 is 0 Å². The van der Waals surface area contributed by atoms with Crippen LogP contribution in [0.3, 0.4) is 0 Å². The molecule has 0 bridgehead atoms. The van der Waals surface area contributed by atoms with E-state index in [9.17, 15) is 4.79 Å². The van der Waals surface area contributed by atoms with E-state index in [2.05, 4.69) is 10.3 Å². The smallest absolute Gasteiger partial charge is 0.271 e. The Hall–Kier alpha value is -2.14. The number of benzene rings is 1. The number of amides is 1. The van der Waals surface area contributed by atoms with Crippen LogP contribution in [0.4, 0.5) is 0 Å². The van der Waals surface area contributed by atoms with Gasteiger partial charge in [0.05, 0.1) is 12.6 Å². The van der Waals surface area contributed by atoms with Crippen LogP contribution in [0.25, 0.3) is 0 Å². The average Bonchev–Trinajstić information content (AvgIpc) is 2.92. The van der Waals surface area contributed by atoms with Crippen molar-refractivity contribution in [1.29, 1.82) is 0 Å². The number of aromatic nitrogens is 2. The summed E-state index contributed by atoms with van der Waals surface area (Å²) in [6.07, 6.45) is 1.80. The van der Waals surface area contributed by atoms with Gasteiger partial charge in [-0.2, -0.15) is 0 Å². The first-order valence-electron chi connectivity index (χ1n) is 6.73. The maximum Gasteiger partial charge on any atom is 0.271 e. The van der Waals surface area contributed by atoms with Crippen LogP contribution in [0, 0.1) is 0 Å². The first kappa shape index (κ1) is 12.9. The maximum absolute atomic E-state index is 12.2. The van der Waals surface area contributed by atoms with Crippen molar-refractivity contribution in [2.24, 2.45) is 0 Å². The third-order valence-corrected chi connectivity index (χ3v) is 3.45. The van der Waals surface area contributed by atoms with E-state index in [1.54, 1.807) is 6.20 Å². The van der Waals surface area contributed by atoms with Crippen LogP contribution in [0.5, 0.6) is 0 Å². The van der Waals surface area contributed by atoms with Gasteiger partial charge in [0, 0.05) is 12.7 Å². The molecule has 1 aromatic heterocycles. The van der Waals surface area contributed by atoms with Gasteiger partial charge >= 0.3 is 0 Å². The van der Waals surface area contributed by atoms with E-state index in [4.69, 9.17) is 4.74 Å². The predicted molar refractivity (Wildman–Crippen MR) is 74.2 cm³/mol. The van der Waals surface area contributed by atoms with Gasteiger partial charge in [-0.1, -0.05) is 30.3 Å². The summed E-state index contributed by atoms with van der Waals surface area (Å²) in [7, 11) is 0. The topological polar surface area (TPSA) is 56.2 Å². The van der Waals surface area contributed by atoms with E-state index in [1.165, 1.54) is 0 Å². The van der Waals surface area contributed by atoms with Crippen LogP contribution in [-0.4, -0.2) is 22.1 Å². The molecule has 1 N–H and O–H groups in total. The van der Waals surface area contributed by atoms with Crippen molar-refractivity contribution in [2.45, 2.75) is 26.1 Å². The van der Waals surface area contributed by atoms with Crippen LogP contribution < -0.4 is 5.32 Å². The molecule has 0 spiro atoms. The normalized spacial score (nSPS) is 15.4. The summed E-state index contributed by atoms with van der Waals surface area (Å²) in [4.78, 5) is 16.5. The minimum Gasteiger partial charge on any atom is -0.372 e. The van der Waals surface area contributed by atoms with E-state index in [0.717, 1.165) is 17.9 Å². The van der Waals surface area contributed by atoms with Crippen molar-refractivity contribution >= 4 is 5.91 Å². The summed E-state index contributed by atoms with van der Waals surface area (Å²) in [6.45, 7) is 3.86. The molecule has 0 saturated heterocycles. The van der Waals surface area contributed by atoms with Gasteiger partial charge in [0.25, 0.3) is 5.91 Å². The van der Waals surface area contributed by atoms with Crippen molar-refractivity contribution in [2.75, 3.05) is 6.61 Å². The van der Waals surface area contributed by atoms with Gasteiger partial charge < -0.3 is 14.6 Å². The molecule has 5 nitrogen and oxygen atoms in total. The lowest BCUT2D eigenvalue weighted by molar-refractivity contribution is 0.0815. The molecule has 5 heteroatoms. The number of fused-ring (bicyclic) bond motifs is 1. The summed E-state index contributed by atoms with van der Waals surface area (Å²) in [5, 5.41) is 2.97. The minimum atomic E-state index is -0.150. The maximum atomic E-state index is 12.2. The highest BCUT2D eigenvalue weighted by molar-refractivity contribution is 5.92. The Kier molecular flexibility index (Phi) is 3.52. The van der Waals surface area contributed by atoms with Gasteiger partial charge in [-0.15, -0.1) is 0 Å². The molecule has 0 saturated carbocycles. The second-order valence-electron chi connectivity index (χ2n) is 4.89. The number of imidazole rings is 1. The zero-order chi connectivity index (χ0) is 13.9. The molecule has 3 rings (SSSR count). The SMILES string of the molecule is CC(NC(=O)c1cn2c(n1)COCC2)c1ccccc1. The summed E-state index contributed by atoms with van der Waals surface area (Å²) in [6, 6.07) is 9.84. The van der Waals surface area contributed by atoms with Crippen molar-refractivity contribution in [1.82, 2.24) is 14.9 Å². The van der Waals surface area contributed by atoms with Crippen LogP contribution in [0.1, 0.15) is 34.8 Å². The van der Waals surface area contributed by atoms with Crippen LogP contribution in [0.2, 0.25) is 0 Å². The second kappa shape index (κ2) is 5.46. The zero-order valence-corrected chi connectivity index (χ0v) is 11.4. The molecule has 1 aliphatic heterocycles. The highest BCUT2D eigenvalue weighted by Gasteiger charge is 2.18. The number of nitrogens with zero attached hydrogens (tertiary/aromatic N) is 2. The molecule has 1 unspecified atom stereocenters. The third-order valence-electron chi connectivity index (χ3n) is 3.45. The van der Waals surface area contributed by atoms with Crippen LogP contribution in [0.15, 0.2) is 36.5 Å². The quantitative estimate of drug-likeness (QED) is 0.927. The molecule has 1 aliphatic rings. The number of nitrogens with one attached hydrogen (secondary N) is 1. The number of carbonyl (C=O) groups excluding carboxylic acids is 1. The summed E-state index contributed by atoms with van der Waals surface area (Å²) in [5.41, 5.74) is 1.53. The molecule has 104 valence electrons. The van der Waals surface area contributed by atoms with Crippen molar-refractivity contribution < 1.29 is 9.53 Å². The van der Waals surface area contributed by atoms with Crippen molar-refractivity contribution in [3.05, 3.63) is 53.6 Å². The fourth-order valence-corrected chi connectivity index (χ4v) is 2.29. The van der Waals surface area contributed by atoms with E-state index < -0.39 is 0 Å². The van der Waals surface area contributed by atoms with Crippen molar-refractivity contribution in [3.8, 4) is 0 Å². The lowest BCUT2D eigenvalue weighted by Crippen LogP contribution is -2.26. The summed E-state index contributed by atoms with van der Waals surface area (Å²) < 4.78 is 7.30. The number of rotatable bonds is 3. The monoisotopic (exact) mass is 271 g/mol. The standard InChI is InChI=1S/C15H17N3O2/c1-11(12-5-3-2-4-6-12)16-15(19)13-9-18-7-8-20-10-14(18)17-13/h2-6,9,11H,7-8,10H2,1H3,(H,16,19). The Morgan fingerprint density at radius 1 is 1.40 bits per heavy atom. The first-order chi connectivity index (χ1) is 9.74. The van der Waals surface area contributed by atoms with E-state index in [1.807, 2.05) is 41.8 Å². The van der Waals surface area contributed by atoms with Gasteiger partial charge in [0.1, 0.15) is 18.1 Å². The average molecular weight is 271 g/mol. The lowest BCUT2D eigenvalue weighted by Gasteiger charge is -2.13. The number of ether oxygens (including phenoxy) is 1. The predicted octanol–water partition coefficient (Wildman–Crippen LogP) is 1.90. The van der Waals surface area contributed by atoms with E-state index >= 15 is 0 Å². The molecule has 20 heavy (non-hydrogen) atoms. The molecule has 1 amide bonds. The van der Waals surface area contributed by atoms with Gasteiger partial charge in [0.2, 0.25) is 0 Å². The first-order valence-corrected chi connectivity index (χ1v) is 6.73. The Labute approximate surface area is 117 Å². The molecule has 2 heterocycles. The van der Waals surface area contributed by atoms with Gasteiger partial charge in [-0.3, -0.25) is 4.79 Å². The van der Waals surface area contributed by atoms with E-state index in [-0.39, 0.29) is 11.9 Å². The Morgan fingerprint density at radius 2 is 2.20 bits per heavy atom. The highest BCUT2D eigenvalue weighted by Crippen LogP contribution is 2.14. The molecular weight excluding hydrogens is 254 g/mol. The second-order valence-corrected chi connectivity index (χ2v) is 4.89. The molecule has 0 radical (unpaired) electrons. The summed E-state index contributed by atoms with van der Waals surface area (Å²) >= 11 is 0. The van der Waals surface area contributed by atoms with Gasteiger partial charge in [0.15, 0.2) is 0 Å². The molecule has 0 fully saturated rings. The number of hydrogen-bond acceptors (Lipinski definition) is 3. The van der Waals surface area contributed by atoms with E-state index in [0.29, 0.717) is 18.9 Å². The third kappa shape index (κ3) is 2.58.